The molecule has 1 unspecified atom stereocenters. The fourth-order valence-corrected chi connectivity index (χ4v) is 0.955. The average molecular weight is 187 g/mol. The highest BCUT2D eigenvalue weighted by atomic mass is 16.5. The molecule has 0 radical (unpaired) electrons. The molecule has 0 heterocycles. The normalized spacial score (nSPS) is 14.9. The molecule has 1 N–H and O–H groups in total. The Labute approximate surface area is 79.1 Å². The number of hydrogen-bond donors (Lipinski definition) is 1. The lowest BCUT2D eigenvalue weighted by Gasteiger charge is -2.24. The van der Waals surface area contributed by atoms with Crippen molar-refractivity contribution in [1.82, 2.24) is 0 Å². The summed E-state index contributed by atoms with van der Waals surface area (Å²) in [4.78, 5) is 0. The summed E-state index contributed by atoms with van der Waals surface area (Å²) in [6, 6.07) is 2.10. The number of aliphatic hydroxyl groups excluding tert-OH is 1. The molecule has 1 atom stereocenters. The zero-order valence-corrected chi connectivity index (χ0v) is 8.25. The SMILES string of the molecule is CCC(C#N)(COC)OCCCO. The lowest BCUT2D eigenvalue weighted by Crippen LogP contribution is -2.35. The molecule has 0 aliphatic heterocycles. The fraction of sp³-hybridized carbons (Fsp3) is 0.889. The molecule has 0 aromatic heterocycles. The van der Waals surface area contributed by atoms with Crippen LogP contribution in [0.4, 0.5) is 0 Å². The molecule has 0 aliphatic rings. The summed E-state index contributed by atoms with van der Waals surface area (Å²) in [6.07, 6.45) is 1.13. The summed E-state index contributed by atoms with van der Waals surface area (Å²) in [6.45, 7) is 2.62. The Morgan fingerprint density at radius 1 is 1.54 bits per heavy atom. The third-order valence-electron chi connectivity index (χ3n) is 1.83. The highest BCUT2D eigenvalue weighted by molar-refractivity contribution is 5.01. The molecule has 0 aromatic carbocycles. The van der Waals surface area contributed by atoms with Gasteiger partial charge in [0.15, 0.2) is 5.60 Å². The summed E-state index contributed by atoms with van der Waals surface area (Å²) in [5.41, 5.74) is -0.843. The van der Waals surface area contributed by atoms with Gasteiger partial charge in [-0.2, -0.15) is 5.26 Å². The van der Waals surface area contributed by atoms with Crippen molar-refractivity contribution in [2.75, 3.05) is 26.9 Å². The Morgan fingerprint density at radius 3 is 2.62 bits per heavy atom. The van der Waals surface area contributed by atoms with E-state index in [4.69, 9.17) is 19.8 Å². The molecule has 4 heteroatoms. The first-order chi connectivity index (χ1) is 6.24. The second kappa shape index (κ2) is 6.84. The Bertz CT molecular complexity index is 167. The largest absolute Gasteiger partial charge is 0.396 e. The summed E-state index contributed by atoms with van der Waals surface area (Å²) < 4.78 is 10.3. The van der Waals surface area contributed by atoms with Gasteiger partial charge in [-0.25, -0.2) is 0 Å². The molecular formula is C9H17NO3. The van der Waals surface area contributed by atoms with Crippen LogP contribution in [-0.2, 0) is 9.47 Å². The molecule has 0 aliphatic carbocycles. The van der Waals surface area contributed by atoms with Crippen LogP contribution >= 0.6 is 0 Å². The molecule has 4 nitrogen and oxygen atoms in total. The number of nitriles is 1. The second-order valence-electron chi connectivity index (χ2n) is 2.82. The smallest absolute Gasteiger partial charge is 0.176 e. The third-order valence-corrected chi connectivity index (χ3v) is 1.83. The van der Waals surface area contributed by atoms with Crippen molar-refractivity contribution >= 4 is 0 Å². The maximum atomic E-state index is 8.89. The van der Waals surface area contributed by atoms with E-state index >= 15 is 0 Å². The van der Waals surface area contributed by atoms with Gasteiger partial charge in [0, 0.05) is 13.7 Å². The van der Waals surface area contributed by atoms with Crippen molar-refractivity contribution in [1.29, 1.82) is 5.26 Å². The predicted molar refractivity (Wildman–Crippen MR) is 48.2 cm³/mol. The van der Waals surface area contributed by atoms with Gasteiger partial charge in [0.25, 0.3) is 0 Å². The van der Waals surface area contributed by atoms with Gasteiger partial charge in [-0.15, -0.1) is 0 Å². The molecule has 13 heavy (non-hydrogen) atoms. The summed E-state index contributed by atoms with van der Waals surface area (Å²) in [5.74, 6) is 0. The molecule has 76 valence electrons. The van der Waals surface area contributed by atoms with Gasteiger partial charge in [-0.05, 0) is 12.8 Å². The molecule has 0 amide bonds. The Balaban J connectivity index is 3.99. The van der Waals surface area contributed by atoms with Crippen LogP contribution in [0.15, 0.2) is 0 Å². The molecule has 0 rings (SSSR count). The van der Waals surface area contributed by atoms with E-state index in [1.54, 1.807) is 0 Å². The predicted octanol–water partition coefficient (Wildman–Crippen LogP) is 0.704. The Hall–Kier alpha value is -0.630. The van der Waals surface area contributed by atoms with Crippen LogP contribution in [0.3, 0.4) is 0 Å². The summed E-state index contributed by atoms with van der Waals surface area (Å²) in [5, 5.41) is 17.4. The molecular weight excluding hydrogens is 170 g/mol. The number of methoxy groups -OCH3 is 1. The number of rotatable bonds is 7. The minimum absolute atomic E-state index is 0.0816. The van der Waals surface area contributed by atoms with E-state index in [1.165, 1.54) is 7.11 Å². The first kappa shape index (κ1) is 12.4. The van der Waals surface area contributed by atoms with E-state index < -0.39 is 5.60 Å². The van der Waals surface area contributed by atoms with E-state index in [2.05, 4.69) is 6.07 Å². The van der Waals surface area contributed by atoms with Crippen LogP contribution in [0.1, 0.15) is 19.8 Å². The number of hydrogen-bond acceptors (Lipinski definition) is 4. The first-order valence-corrected chi connectivity index (χ1v) is 4.39. The van der Waals surface area contributed by atoms with E-state index in [9.17, 15) is 0 Å². The lowest BCUT2D eigenvalue weighted by molar-refractivity contribution is -0.0566. The van der Waals surface area contributed by atoms with Gasteiger partial charge in [0.05, 0.1) is 13.2 Å². The van der Waals surface area contributed by atoms with Crippen molar-refractivity contribution in [3.8, 4) is 6.07 Å². The molecule has 0 saturated carbocycles. The van der Waals surface area contributed by atoms with Gasteiger partial charge in [0.1, 0.15) is 6.07 Å². The molecule has 0 saturated heterocycles. The minimum Gasteiger partial charge on any atom is -0.396 e. The monoisotopic (exact) mass is 187 g/mol. The van der Waals surface area contributed by atoms with E-state index in [0.29, 0.717) is 19.4 Å². The molecule has 0 spiro atoms. The van der Waals surface area contributed by atoms with E-state index in [1.807, 2.05) is 6.92 Å². The highest BCUT2D eigenvalue weighted by Crippen LogP contribution is 2.15. The summed E-state index contributed by atoms with van der Waals surface area (Å²) in [7, 11) is 1.54. The van der Waals surface area contributed by atoms with Gasteiger partial charge in [-0.1, -0.05) is 6.92 Å². The third kappa shape index (κ3) is 4.23. The van der Waals surface area contributed by atoms with Crippen LogP contribution < -0.4 is 0 Å². The molecule has 0 bridgehead atoms. The Morgan fingerprint density at radius 2 is 2.23 bits per heavy atom. The standard InChI is InChI=1S/C9H17NO3/c1-3-9(7-10,8-12-2)13-6-4-5-11/h11H,3-6,8H2,1-2H3. The Kier molecular flexibility index (Phi) is 6.51. The first-order valence-electron chi connectivity index (χ1n) is 4.39. The van der Waals surface area contributed by atoms with Crippen LogP contribution in [0.2, 0.25) is 0 Å². The minimum atomic E-state index is -0.843. The fourth-order valence-electron chi connectivity index (χ4n) is 0.955. The number of aliphatic hydroxyl groups is 1. The van der Waals surface area contributed by atoms with E-state index in [0.717, 1.165) is 0 Å². The summed E-state index contributed by atoms with van der Waals surface area (Å²) >= 11 is 0. The van der Waals surface area contributed by atoms with Crippen LogP contribution in [0.5, 0.6) is 0 Å². The second-order valence-corrected chi connectivity index (χ2v) is 2.82. The molecule has 0 fully saturated rings. The van der Waals surface area contributed by atoms with Crippen LogP contribution in [-0.4, -0.2) is 37.6 Å². The van der Waals surface area contributed by atoms with Crippen molar-refractivity contribution < 1.29 is 14.6 Å². The van der Waals surface area contributed by atoms with Crippen molar-refractivity contribution in [2.24, 2.45) is 0 Å². The quantitative estimate of drug-likeness (QED) is 0.596. The van der Waals surface area contributed by atoms with Crippen molar-refractivity contribution in [3.05, 3.63) is 0 Å². The van der Waals surface area contributed by atoms with Crippen molar-refractivity contribution in [3.63, 3.8) is 0 Å². The maximum absolute atomic E-state index is 8.89. The lowest BCUT2D eigenvalue weighted by atomic mass is 10.0. The van der Waals surface area contributed by atoms with Crippen LogP contribution in [0, 0.1) is 11.3 Å². The van der Waals surface area contributed by atoms with Gasteiger partial charge < -0.3 is 14.6 Å². The average Bonchev–Trinajstić information content (AvgIpc) is 2.17. The van der Waals surface area contributed by atoms with Gasteiger partial charge in [0.2, 0.25) is 0 Å². The number of ether oxygens (including phenoxy) is 2. The zero-order valence-electron chi connectivity index (χ0n) is 8.25. The topological polar surface area (TPSA) is 62.5 Å². The molecule has 0 aromatic rings. The van der Waals surface area contributed by atoms with Gasteiger partial charge >= 0.3 is 0 Å². The maximum Gasteiger partial charge on any atom is 0.176 e. The zero-order chi connectivity index (χ0) is 10.2. The van der Waals surface area contributed by atoms with E-state index in [-0.39, 0.29) is 13.2 Å². The van der Waals surface area contributed by atoms with Crippen molar-refractivity contribution in [2.45, 2.75) is 25.4 Å². The number of nitrogens with zero attached hydrogens (tertiary/aromatic N) is 1. The van der Waals surface area contributed by atoms with Crippen LogP contribution in [0.25, 0.3) is 0 Å². The highest BCUT2D eigenvalue weighted by Gasteiger charge is 2.28. The van der Waals surface area contributed by atoms with Gasteiger partial charge in [-0.3, -0.25) is 0 Å².